The van der Waals surface area contributed by atoms with Gasteiger partial charge in [-0.25, -0.2) is 18.5 Å². The first-order chi connectivity index (χ1) is 11.7. The standard InChI is InChI=1S/C14H9Cl2N5O3S/c15-7-2-1-3-8(10(7)16)19-14-20-9-4-6(5-17)13(25(18,23)24)12(22)11(9)21-14/h1-4,22H,(H2,18,23,24)(H2,19,20,21). The van der Waals surface area contributed by atoms with Crippen LogP contribution in [-0.2, 0) is 10.0 Å². The van der Waals surface area contributed by atoms with Gasteiger partial charge in [-0.1, -0.05) is 29.3 Å². The van der Waals surface area contributed by atoms with Crippen LogP contribution in [0.5, 0.6) is 5.75 Å². The number of nitrogens with two attached hydrogens (primary N) is 1. The van der Waals surface area contributed by atoms with Crippen LogP contribution in [0.1, 0.15) is 5.56 Å². The molecule has 0 unspecified atom stereocenters. The lowest BCUT2D eigenvalue weighted by Crippen LogP contribution is -2.14. The highest BCUT2D eigenvalue weighted by atomic mass is 35.5. The van der Waals surface area contributed by atoms with Crippen molar-refractivity contribution in [3.63, 3.8) is 0 Å². The average Bonchev–Trinajstić information content (AvgIpc) is 2.93. The molecule has 1 heterocycles. The molecule has 0 aliphatic carbocycles. The number of benzene rings is 2. The number of fused-ring (bicyclic) bond motifs is 1. The summed E-state index contributed by atoms with van der Waals surface area (Å²) in [6.45, 7) is 0. The van der Waals surface area contributed by atoms with E-state index in [1.807, 2.05) is 0 Å². The monoisotopic (exact) mass is 397 g/mol. The van der Waals surface area contributed by atoms with E-state index in [1.165, 1.54) is 6.07 Å². The van der Waals surface area contributed by atoms with Gasteiger partial charge in [0.05, 0.1) is 26.8 Å². The van der Waals surface area contributed by atoms with Crippen LogP contribution in [0.25, 0.3) is 11.0 Å². The number of halogens is 2. The number of anilines is 2. The first kappa shape index (κ1) is 17.3. The highest BCUT2D eigenvalue weighted by Crippen LogP contribution is 2.35. The third-order valence-electron chi connectivity index (χ3n) is 3.31. The molecule has 0 spiro atoms. The molecule has 0 amide bonds. The summed E-state index contributed by atoms with van der Waals surface area (Å²) < 4.78 is 23.3. The van der Waals surface area contributed by atoms with Crippen molar-refractivity contribution in [2.24, 2.45) is 5.14 Å². The minimum Gasteiger partial charge on any atom is -0.504 e. The van der Waals surface area contributed by atoms with Gasteiger partial charge in [0, 0.05) is 0 Å². The van der Waals surface area contributed by atoms with E-state index in [-0.39, 0.29) is 27.6 Å². The van der Waals surface area contributed by atoms with Crippen molar-refractivity contribution >= 4 is 55.9 Å². The number of nitrogens with one attached hydrogen (secondary N) is 2. The van der Waals surface area contributed by atoms with Crippen LogP contribution in [0.4, 0.5) is 11.6 Å². The second kappa shape index (κ2) is 6.09. The fourth-order valence-corrected chi connectivity index (χ4v) is 3.40. The minimum absolute atomic E-state index is 0.0660. The molecule has 0 bridgehead atoms. The maximum Gasteiger partial charge on any atom is 0.243 e. The zero-order valence-electron chi connectivity index (χ0n) is 12.2. The quantitative estimate of drug-likeness (QED) is 0.534. The topological polar surface area (TPSA) is 145 Å². The van der Waals surface area contributed by atoms with E-state index in [0.29, 0.717) is 10.7 Å². The lowest BCUT2D eigenvalue weighted by Gasteiger charge is -2.05. The highest BCUT2D eigenvalue weighted by molar-refractivity contribution is 7.89. The predicted molar refractivity (Wildman–Crippen MR) is 93.6 cm³/mol. The Morgan fingerprint density at radius 1 is 1.36 bits per heavy atom. The number of hydrogen-bond acceptors (Lipinski definition) is 6. The molecule has 1 aromatic heterocycles. The number of hydrogen-bond donors (Lipinski definition) is 4. The summed E-state index contributed by atoms with van der Waals surface area (Å²) in [6, 6.07) is 7.84. The zero-order chi connectivity index (χ0) is 18.4. The fraction of sp³-hybridized carbons (Fsp3) is 0. The molecule has 0 atom stereocenters. The van der Waals surface area contributed by atoms with E-state index in [4.69, 9.17) is 33.6 Å². The normalized spacial score (nSPS) is 11.4. The van der Waals surface area contributed by atoms with Gasteiger partial charge in [-0.3, -0.25) is 0 Å². The molecule has 25 heavy (non-hydrogen) atoms. The van der Waals surface area contributed by atoms with Gasteiger partial charge in [-0.2, -0.15) is 5.26 Å². The molecule has 3 aromatic rings. The third kappa shape index (κ3) is 3.08. The summed E-state index contributed by atoms with van der Waals surface area (Å²) in [6.07, 6.45) is 0. The Morgan fingerprint density at radius 3 is 2.72 bits per heavy atom. The SMILES string of the molecule is N#Cc1cc2[nH]c(Nc3cccc(Cl)c3Cl)nc2c(O)c1S(N)(=O)=O. The predicted octanol–water partition coefficient (Wildman–Crippen LogP) is 2.84. The van der Waals surface area contributed by atoms with Crippen LogP contribution in [0.15, 0.2) is 29.2 Å². The number of nitriles is 1. The Bertz CT molecular complexity index is 1150. The number of sulfonamides is 1. The molecule has 0 saturated heterocycles. The van der Waals surface area contributed by atoms with Crippen LogP contribution < -0.4 is 10.5 Å². The Balaban J connectivity index is 2.17. The Labute approximate surface area is 151 Å². The molecule has 3 rings (SSSR count). The maximum absolute atomic E-state index is 11.6. The van der Waals surface area contributed by atoms with Crippen LogP contribution in [0.3, 0.4) is 0 Å². The van der Waals surface area contributed by atoms with Gasteiger partial charge in [0.25, 0.3) is 0 Å². The van der Waals surface area contributed by atoms with Gasteiger partial charge in [-0.05, 0) is 18.2 Å². The summed E-state index contributed by atoms with van der Waals surface area (Å²) in [5, 5.41) is 27.8. The number of aromatic amines is 1. The summed E-state index contributed by atoms with van der Waals surface area (Å²) in [4.78, 5) is 6.22. The molecule has 11 heteroatoms. The number of phenols is 1. The fourth-order valence-electron chi connectivity index (χ4n) is 2.27. The number of primary sulfonamides is 1. The number of rotatable bonds is 3. The van der Waals surface area contributed by atoms with Crippen LogP contribution in [0.2, 0.25) is 10.0 Å². The molecule has 0 aliphatic rings. The van der Waals surface area contributed by atoms with Crippen molar-refractivity contribution in [1.82, 2.24) is 9.97 Å². The minimum atomic E-state index is -4.32. The average molecular weight is 398 g/mol. The van der Waals surface area contributed by atoms with E-state index in [2.05, 4.69) is 15.3 Å². The third-order valence-corrected chi connectivity index (χ3v) is 5.12. The molecule has 0 saturated carbocycles. The van der Waals surface area contributed by atoms with Crippen LogP contribution >= 0.6 is 23.2 Å². The van der Waals surface area contributed by atoms with Crippen molar-refractivity contribution in [3.05, 3.63) is 39.9 Å². The molecule has 0 radical (unpaired) electrons. The van der Waals surface area contributed by atoms with Gasteiger partial charge in [0.1, 0.15) is 16.5 Å². The molecular formula is C14H9Cl2N5O3S. The van der Waals surface area contributed by atoms with E-state index in [1.54, 1.807) is 24.3 Å². The second-order valence-electron chi connectivity index (χ2n) is 4.97. The largest absolute Gasteiger partial charge is 0.504 e. The lowest BCUT2D eigenvalue weighted by molar-refractivity contribution is 0.464. The summed E-state index contributed by atoms with van der Waals surface area (Å²) >= 11 is 12.0. The Hall–Kier alpha value is -2.51. The van der Waals surface area contributed by atoms with E-state index in [0.717, 1.165) is 0 Å². The van der Waals surface area contributed by atoms with E-state index < -0.39 is 20.7 Å². The molecular weight excluding hydrogens is 389 g/mol. The number of aromatic nitrogens is 2. The maximum atomic E-state index is 11.6. The number of aromatic hydroxyl groups is 1. The molecule has 128 valence electrons. The second-order valence-corrected chi connectivity index (χ2v) is 7.25. The van der Waals surface area contributed by atoms with Crippen LogP contribution in [-0.4, -0.2) is 23.5 Å². The smallest absolute Gasteiger partial charge is 0.243 e. The number of H-pyrrole nitrogens is 1. The number of phenolic OH excluding ortho intramolecular Hbond substituents is 1. The summed E-state index contributed by atoms with van der Waals surface area (Å²) in [5.41, 5.74) is 0.314. The van der Waals surface area contributed by atoms with Gasteiger partial charge >= 0.3 is 0 Å². The van der Waals surface area contributed by atoms with Gasteiger partial charge in [0.2, 0.25) is 16.0 Å². The van der Waals surface area contributed by atoms with Gasteiger partial charge in [0.15, 0.2) is 5.75 Å². The first-order valence-corrected chi connectivity index (χ1v) is 8.92. The van der Waals surface area contributed by atoms with Crippen molar-refractivity contribution < 1.29 is 13.5 Å². The molecule has 5 N–H and O–H groups in total. The van der Waals surface area contributed by atoms with Crippen molar-refractivity contribution in [2.45, 2.75) is 4.90 Å². The molecule has 8 nitrogen and oxygen atoms in total. The van der Waals surface area contributed by atoms with Crippen LogP contribution in [0, 0.1) is 11.3 Å². The molecule has 0 fully saturated rings. The van der Waals surface area contributed by atoms with Gasteiger partial charge < -0.3 is 15.4 Å². The number of imidazole rings is 1. The highest BCUT2D eigenvalue weighted by Gasteiger charge is 2.24. The summed E-state index contributed by atoms with van der Waals surface area (Å²) in [7, 11) is -4.32. The Kier molecular flexibility index (Phi) is 4.22. The van der Waals surface area contributed by atoms with E-state index >= 15 is 0 Å². The van der Waals surface area contributed by atoms with E-state index in [9.17, 15) is 13.5 Å². The van der Waals surface area contributed by atoms with Crippen molar-refractivity contribution in [1.29, 1.82) is 5.26 Å². The zero-order valence-corrected chi connectivity index (χ0v) is 14.5. The molecule has 0 aliphatic heterocycles. The number of nitrogens with zero attached hydrogens (tertiary/aromatic N) is 2. The lowest BCUT2D eigenvalue weighted by atomic mass is 10.2. The molecule has 2 aromatic carbocycles. The van der Waals surface area contributed by atoms with Crippen molar-refractivity contribution in [2.75, 3.05) is 5.32 Å². The van der Waals surface area contributed by atoms with Gasteiger partial charge in [-0.15, -0.1) is 0 Å². The summed E-state index contributed by atoms with van der Waals surface area (Å²) in [5.74, 6) is -0.553. The van der Waals surface area contributed by atoms with Crippen molar-refractivity contribution in [3.8, 4) is 11.8 Å². The Morgan fingerprint density at radius 2 is 2.08 bits per heavy atom. The first-order valence-electron chi connectivity index (χ1n) is 6.62.